The number of fused-ring (bicyclic) bond motifs is 1. The van der Waals surface area contributed by atoms with E-state index in [0.29, 0.717) is 31.0 Å². The zero-order valence-corrected chi connectivity index (χ0v) is 20.9. The maximum absolute atomic E-state index is 13.5. The topological polar surface area (TPSA) is 83.4 Å². The summed E-state index contributed by atoms with van der Waals surface area (Å²) in [6.45, 7) is 7.15. The summed E-state index contributed by atoms with van der Waals surface area (Å²) in [5, 5.41) is 0. The standard InChI is InChI=1S/C24H31F2N5O3S/c1-16-4-6-20(15-29-8-10-30(11-9-29)17(2)32)27-23(16)18-5-7-21-22(12-18)28(3)35(33,34)31(21)14-19-13-24(19,25)26/h4-7,12,19,33-34H,8-11,13-15H2,1-3H3. The smallest absolute Gasteiger partial charge is 0.253 e. The second-order valence-corrected chi connectivity index (χ2v) is 11.6. The van der Waals surface area contributed by atoms with Crippen LogP contribution in [-0.2, 0) is 11.3 Å². The van der Waals surface area contributed by atoms with Crippen LogP contribution in [0.2, 0.25) is 0 Å². The molecule has 1 unspecified atom stereocenters. The minimum atomic E-state index is -3.40. The predicted molar refractivity (Wildman–Crippen MR) is 134 cm³/mol. The van der Waals surface area contributed by atoms with E-state index in [1.165, 1.54) is 8.61 Å². The van der Waals surface area contributed by atoms with E-state index < -0.39 is 22.8 Å². The molecule has 0 bridgehead atoms. The van der Waals surface area contributed by atoms with Crippen molar-refractivity contribution in [1.82, 2.24) is 14.8 Å². The van der Waals surface area contributed by atoms with Crippen LogP contribution < -0.4 is 8.61 Å². The summed E-state index contributed by atoms with van der Waals surface area (Å²) < 4.78 is 51.3. The summed E-state index contributed by atoms with van der Waals surface area (Å²) in [4.78, 5) is 20.6. The second-order valence-electron chi connectivity index (χ2n) is 9.66. The number of hydrogen-bond acceptors (Lipinski definition) is 7. The number of carbonyl (C=O) groups is 1. The van der Waals surface area contributed by atoms with Gasteiger partial charge in [0.15, 0.2) is 0 Å². The van der Waals surface area contributed by atoms with Gasteiger partial charge in [-0.3, -0.25) is 32.4 Å². The third kappa shape index (κ3) is 4.46. The van der Waals surface area contributed by atoms with E-state index in [-0.39, 0.29) is 18.9 Å². The van der Waals surface area contributed by atoms with Crippen LogP contribution in [-0.4, -0.2) is 75.5 Å². The van der Waals surface area contributed by atoms with Gasteiger partial charge in [-0.05, 0) is 41.6 Å². The Kier molecular flexibility index (Phi) is 5.94. The van der Waals surface area contributed by atoms with Crippen molar-refractivity contribution in [3.05, 3.63) is 41.6 Å². The number of aryl methyl sites for hydroxylation is 1. The summed E-state index contributed by atoms with van der Waals surface area (Å²) in [7, 11) is -1.83. The highest BCUT2D eigenvalue weighted by Gasteiger charge is 2.59. The van der Waals surface area contributed by atoms with Crippen LogP contribution in [0.1, 0.15) is 24.6 Å². The number of pyridine rings is 1. The van der Waals surface area contributed by atoms with Gasteiger partial charge in [-0.15, -0.1) is 0 Å². The number of anilines is 2. The van der Waals surface area contributed by atoms with Gasteiger partial charge in [-0.25, -0.2) is 8.78 Å². The molecule has 5 rings (SSSR count). The summed E-state index contributed by atoms with van der Waals surface area (Å²) in [6, 6.07) is 9.49. The maximum atomic E-state index is 13.5. The highest BCUT2D eigenvalue weighted by atomic mass is 32.3. The Labute approximate surface area is 205 Å². The fraction of sp³-hybridized carbons (Fsp3) is 0.500. The van der Waals surface area contributed by atoms with Gasteiger partial charge in [0.2, 0.25) is 5.91 Å². The molecule has 1 saturated carbocycles. The van der Waals surface area contributed by atoms with Crippen molar-refractivity contribution in [1.29, 1.82) is 0 Å². The van der Waals surface area contributed by atoms with Crippen molar-refractivity contribution < 1.29 is 22.7 Å². The Hall–Kier alpha value is -2.47. The molecule has 1 aromatic heterocycles. The van der Waals surface area contributed by atoms with Crippen LogP contribution in [0.3, 0.4) is 0 Å². The fourth-order valence-electron chi connectivity index (χ4n) is 4.81. The Balaban J connectivity index is 1.37. The Morgan fingerprint density at radius 3 is 2.46 bits per heavy atom. The first-order valence-corrected chi connectivity index (χ1v) is 13.2. The lowest BCUT2D eigenvalue weighted by molar-refractivity contribution is -0.130. The van der Waals surface area contributed by atoms with Gasteiger partial charge in [0.1, 0.15) is 0 Å². The van der Waals surface area contributed by atoms with E-state index in [0.717, 1.165) is 35.6 Å². The van der Waals surface area contributed by atoms with E-state index in [4.69, 9.17) is 4.98 Å². The highest BCUT2D eigenvalue weighted by molar-refractivity contribution is 8.26. The lowest BCUT2D eigenvalue weighted by Gasteiger charge is -2.42. The SMILES string of the molecule is CC(=O)N1CCN(Cc2ccc(C)c(-c3ccc4c(c3)N(C)S(O)(O)N4CC3CC3(F)F)n2)CC1. The number of rotatable bonds is 5. The molecule has 3 heterocycles. The van der Waals surface area contributed by atoms with Crippen LogP contribution >= 0.6 is 11.0 Å². The molecule has 2 aromatic rings. The monoisotopic (exact) mass is 507 g/mol. The van der Waals surface area contributed by atoms with Crippen molar-refractivity contribution in [2.24, 2.45) is 5.92 Å². The van der Waals surface area contributed by atoms with E-state index in [1.807, 2.05) is 36.1 Å². The number of benzene rings is 1. The van der Waals surface area contributed by atoms with Gasteiger partial charge >= 0.3 is 0 Å². The molecule has 0 radical (unpaired) electrons. The minimum Gasteiger partial charge on any atom is -0.340 e. The molecule has 1 aromatic carbocycles. The number of hydrogen-bond donors (Lipinski definition) is 2. The normalized spacial score (nSPS) is 23.9. The van der Waals surface area contributed by atoms with Gasteiger partial charge < -0.3 is 4.90 Å². The molecule has 1 saturated heterocycles. The van der Waals surface area contributed by atoms with E-state index >= 15 is 0 Å². The number of nitrogens with zero attached hydrogens (tertiary/aromatic N) is 5. The third-order valence-electron chi connectivity index (χ3n) is 7.22. The first kappa shape index (κ1) is 24.2. The second kappa shape index (κ2) is 8.58. The van der Waals surface area contributed by atoms with Crippen molar-refractivity contribution in [3.8, 4) is 11.3 Å². The fourth-order valence-corrected chi connectivity index (χ4v) is 6.32. The zero-order chi connectivity index (χ0) is 25.1. The molecule has 11 heteroatoms. The van der Waals surface area contributed by atoms with Crippen LogP contribution in [0.15, 0.2) is 30.3 Å². The summed E-state index contributed by atoms with van der Waals surface area (Å²) in [6.07, 6.45) is -0.226. The first-order valence-electron chi connectivity index (χ1n) is 11.7. The number of amides is 1. The van der Waals surface area contributed by atoms with E-state index in [1.54, 1.807) is 20.0 Å². The van der Waals surface area contributed by atoms with Crippen molar-refractivity contribution in [2.75, 3.05) is 48.4 Å². The summed E-state index contributed by atoms with van der Waals surface area (Å²) >= 11 is 0. The molecule has 1 amide bonds. The molecular formula is C24H31F2N5O3S. The van der Waals surface area contributed by atoms with Crippen molar-refractivity contribution in [2.45, 2.75) is 32.7 Å². The van der Waals surface area contributed by atoms with Crippen LogP contribution in [0, 0.1) is 12.8 Å². The Morgan fingerprint density at radius 1 is 1.14 bits per heavy atom. The Bertz CT molecular complexity index is 1160. The molecule has 3 aliphatic rings. The quantitative estimate of drug-likeness (QED) is 0.627. The number of piperazine rings is 1. The van der Waals surface area contributed by atoms with Crippen LogP contribution in [0.4, 0.5) is 20.2 Å². The lowest BCUT2D eigenvalue weighted by atomic mass is 10.0. The zero-order valence-electron chi connectivity index (χ0n) is 20.1. The molecule has 2 fully saturated rings. The number of halogens is 2. The number of aromatic nitrogens is 1. The van der Waals surface area contributed by atoms with Gasteiger partial charge in [-0.2, -0.15) is 0 Å². The molecule has 2 aliphatic heterocycles. The molecule has 1 atom stereocenters. The van der Waals surface area contributed by atoms with Gasteiger partial charge in [0.25, 0.3) is 5.92 Å². The molecule has 35 heavy (non-hydrogen) atoms. The first-order chi connectivity index (χ1) is 16.5. The number of alkyl halides is 2. The molecule has 0 spiro atoms. The van der Waals surface area contributed by atoms with Gasteiger partial charge in [0.05, 0.1) is 22.8 Å². The average molecular weight is 508 g/mol. The van der Waals surface area contributed by atoms with Gasteiger partial charge in [-0.1, -0.05) is 12.1 Å². The summed E-state index contributed by atoms with van der Waals surface area (Å²) in [5.74, 6) is -3.51. The van der Waals surface area contributed by atoms with Crippen LogP contribution in [0.25, 0.3) is 11.3 Å². The van der Waals surface area contributed by atoms with E-state index in [9.17, 15) is 22.7 Å². The predicted octanol–water partition coefficient (Wildman–Crippen LogP) is 4.21. The molecule has 1 aliphatic carbocycles. The lowest BCUT2D eigenvalue weighted by Crippen LogP contribution is -2.47. The molecule has 2 N–H and O–H groups in total. The minimum absolute atomic E-state index is 0.1000. The van der Waals surface area contributed by atoms with Gasteiger partial charge in [0, 0.05) is 71.1 Å². The Morgan fingerprint density at radius 2 is 1.83 bits per heavy atom. The maximum Gasteiger partial charge on any atom is 0.253 e. The molecule has 8 nitrogen and oxygen atoms in total. The number of carbonyl (C=O) groups excluding carboxylic acids is 1. The van der Waals surface area contributed by atoms with Crippen LogP contribution in [0.5, 0.6) is 0 Å². The molecule has 190 valence electrons. The van der Waals surface area contributed by atoms with Crippen molar-refractivity contribution >= 4 is 28.2 Å². The summed E-state index contributed by atoms with van der Waals surface area (Å²) in [5.41, 5.74) is 4.64. The third-order valence-corrected chi connectivity index (χ3v) is 9.09. The van der Waals surface area contributed by atoms with Crippen molar-refractivity contribution in [3.63, 3.8) is 0 Å². The molecular weight excluding hydrogens is 476 g/mol. The average Bonchev–Trinajstić information content (AvgIpc) is 3.38. The largest absolute Gasteiger partial charge is 0.340 e. The van der Waals surface area contributed by atoms with E-state index in [2.05, 4.69) is 4.90 Å². The highest BCUT2D eigenvalue weighted by Crippen LogP contribution is 2.63.